The van der Waals surface area contributed by atoms with E-state index < -0.39 is 0 Å². The van der Waals surface area contributed by atoms with Gasteiger partial charge in [-0.15, -0.1) is 0 Å². The van der Waals surface area contributed by atoms with Gasteiger partial charge in [-0.1, -0.05) is 94.9 Å². The van der Waals surface area contributed by atoms with Gasteiger partial charge in [0.15, 0.2) is 0 Å². The lowest BCUT2D eigenvalue weighted by Crippen LogP contribution is -2.52. The van der Waals surface area contributed by atoms with Gasteiger partial charge in [0.1, 0.15) is 0 Å². The molecular formula is C39H68N2. The topological polar surface area (TPSA) is 6.48 Å². The largest absolute Gasteiger partial charge is 0.301 e. The summed E-state index contributed by atoms with van der Waals surface area (Å²) >= 11 is 0. The van der Waals surface area contributed by atoms with Crippen molar-refractivity contribution in [1.29, 1.82) is 0 Å². The summed E-state index contributed by atoms with van der Waals surface area (Å²) in [7, 11) is 0. The monoisotopic (exact) mass is 565 g/mol. The first kappa shape index (κ1) is 31.8. The fraction of sp³-hybridized carbons (Fsp3) is 0.897. The summed E-state index contributed by atoms with van der Waals surface area (Å²) in [5, 5.41) is 0. The molecule has 41 heavy (non-hydrogen) atoms. The molecule has 0 aromatic heterocycles. The van der Waals surface area contributed by atoms with Crippen molar-refractivity contribution in [3.05, 3.63) is 23.3 Å². The van der Waals surface area contributed by atoms with Gasteiger partial charge in [-0.2, -0.15) is 0 Å². The molecule has 0 unspecified atom stereocenters. The first-order chi connectivity index (χ1) is 20.2. The third kappa shape index (κ3) is 8.53. The van der Waals surface area contributed by atoms with Crippen LogP contribution in [-0.4, -0.2) is 47.1 Å². The molecule has 0 heterocycles. The Labute approximate surface area is 256 Å². The third-order valence-corrected chi connectivity index (χ3v) is 12.9. The fourth-order valence-corrected chi connectivity index (χ4v) is 10.4. The molecule has 5 saturated carbocycles. The van der Waals surface area contributed by atoms with Crippen LogP contribution in [0.1, 0.15) is 168 Å². The summed E-state index contributed by atoms with van der Waals surface area (Å²) in [6.07, 6.45) is 39.0. The molecule has 2 heteroatoms. The maximum atomic E-state index is 3.18. The maximum absolute atomic E-state index is 3.18. The van der Waals surface area contributed by atoms with Crippen molar-refractivity contribution in [2.75, 3.05) is 13.1 Å². The minimum absolute atomic E-state index is 0.831. The molecule has 0 amide bonds. The van der Waals surface area contributed by atoms with Gasteiger partial charge < -0.3 is 4.90 Å². The van der Waals surface area contributed by atoms with Gasteiger partial charge in [0.2, 0.25) is 0 Å². The second-order valence-corrected chi connectivity index (χ2v) is 15.2. The van der Waals surface area contributed by atoms with E-state index in [1.807, 2.05) is 5.57 Å². The Balaban J connectivity index is 1.28. The highest BCUT2D eigenvalue weighted by Crippen LogP contribution is 2.43. The second kappa shape index (κ2) is 16.5. The summed E-state index contributed by atoms with van der Waals surface area (Å²) in [6.45, 7) is 9.63. The van der Waals surface area contributed by atoms with Crippen molar-refractivity contribution in [1.82, 2.24) is 9.80 Å². The summed E-state index contributed by atoms with van der Waals surface area (Å²) < 4.78 is 0. The van der Waals surface area contributed by atoms with Crippen LogP contribution in [0.25, 0.3) is 0 Å². The van der Waals surface area contributed by atoms with Crippen molar-refractivity contribution in [3.8, 4) is 0 Å². The van der Waals surface area contributed by atoms with Crippen LogP contribution in [-0.2, 0) is 0 Å². The molecular weight excluding hydrogens is 496 g/mol. The maximum Gasteiger partial charge on any atom is 0.0102 e. The van der Waals surface area contributed by atoms with Crippen LogP contribution >= 0.6 is 0 Å². The van der Waals surface area contributed by atoms with Gasteiger partial charge in [0.05, 0.1) is 0 Å². The molecule has 0 atom stereocenters. The summed E-state index contributed by atoms with van der Waals surface area (Å²) in [5.41, 5.74) is 3.58. The molecule has 5 aliphatic carbocycles. The van der Waals surface area contributed by atoms with Crippen LogP contribution in [0, 0.1) is 17.8 Å². The standard InChI is InChI=1S/C39H68N2/c1-4-40(5-2)35-26-22-33(23-27-35)39(30-21-31(3)32-15-9-6-10-16-32)34-24-28-38(29-25-34)41(36-17-11-7-12-18-36)37-19-13-8-14-20-37/h21,30,32-38H,4-20,22-29H2,1-3H3/b31-21-,39-30+. The molecule has 0 aliphatic heterocycles. The third-order valence-electron chi connectivity index (χ3n) is 12.9. The molecule has 0 N–H and O–H groups in total. The first-order valence-corrected chi connectivity index (χ1v) is 19.1. The van der Waals surface area contributed by atoms with E-state index in [0.717, 1.165) is 41.9 Å². The van der Waals surface area contributed by atoms with Crippen LogP contribution < -0.4 is 0 Å². The summed E-state index contributed by atoms with van der Waals surface area (Å²) in [5.74, 6) is 2.54. The Bertz CT molecular complexity index is 771. The van der Waals surface area contributed by atoms with E-state index in [1.165, 1.54) is 161 Å². The Hall–Kier alpha value is -0.600. The van der Waals surface area contributed by atoms with E-state index in [0.29, 0.717) is 0 Å². The van der Waals surface area contributed by atoms with Crippen molar-refractivity contribution in [2.24, 2.45) is 17.8 Å². The molecule has 2 nitrogen and oxygen atoms in total. The van der Waals surface area contributed by atoms with Crippen LogP contribution in [0.3, 0.4) is 0 Å². The van der Waals surface area contributed by atoms with Crippen molar-refractivity contribution in [2.45, 2.75) is 193 Å². The van der Waals surface area contributed by atoms with Gasteiger partial charge >= 0.3 is 0 Å². The van der Waals surface area contributed by atoms with E-state index in [1.54, 1.807) is 5.57 Å². The van der Waals surface area contributed by atoms with Gasteiger partial charge in [0, 0.05) is 24.2 Å². The van der Waals surface area contributed by atoms with Crippen LogP contribution in [0.5, 0.6) is 0 Å². The minimum Gasteiger partial charge on any atom is -0.301 e. The molecule has 0 saturated heterocycles. The lowest BCUT2D eigenvalue weighted by molar-refractivity contribution is 0.0168. The predicted molar refractivity (Wildman–Crippen MR) is 178 cm³/mol. The molecule has 234 valence electrons. The summed E-state index contributed by atoms with van der Waals surface area (Å²) in [6, 6.07) is 3.51. The first-order valence-electron chi connectivity index (χ1n) is 19.1. The highest BCUT2D eigenvalue weighted by Gasteiger charge is 2.38. The highest BCUT2D eigenvalue weighted by atomic mass is 15.2. The Morgan fingerprint density at radius 2 is 0.878 bits per heavy atom. The lowest BCUT2D eigenvalue weighted by Gasteiger charge is -2.49. The van der Waals surface area contributed by atoms with E-state index in [4.69, 9.17) is 0 Å². The SMILES string of the molecule is CCN(CC)C1CCC(/C(=C\C=C(\C)C2CCCCC2)C2CCC(N(C3CCCCC3)C3CCCCC3)CC2)CC1. The zero-order valence-corrected chi connectivity index (χ0v) is 27.8. The quantitative estimate of drug-likeness (QED) is 0.243. The lowest BCUT2D eigenvalue weighted by atomic mass is 9.71. The van der Waals surface area contributed by atoms with E-state index in [9.17, 15) is 0 Å². The Morgan fingerprint density at radius 1 is 0.463 bits per heavy atom. The van der Waals surface area contributed by atoms with Crippen molar-refractivity contribution >= 4 is 0 Å². The average Bonchev–Trinajstić information content (AvgIpc) is 3.04. The molecule has 0 radical (unpaired) electrons. The number of allylic oxidation sites excluding steroid dienone is 4. The average molecular weight is 565 g/mol. The Morgan fingerprint density at radius 3 is 1.34 bits per heavy atom. The smallest absolute Gasteiger partial charge is 0.0102 e. The zero-order chi connectivity index (χ0) is 28.4. The van der Waals surface area contributed by atoms with E-state index in [2.05, 4.69) is 42.7 Å². The molecule has 0 aromatic carbocycles. The van der Waals surface area contributed by atoms with Crippen molar-refractivity contribution < 1.29 is 0 Å². The zero-order valence-electron chi connectivity index (χ0n) is 27.8. The van der Waals surface area contributed by atoms with Gasteiger partial charge in [-0.25, -0.2) is 0 Å². The van der Waals surface area contributed by atoms with E-state index in [-0.39, 0.29) is 0 Å². The van der Waals surface area contributed by atoms with Crippen molar-refractivity contribution in [3.63, 3.8) is 0 Å². The van der Waals surface area contributed by atoms with Crippen LogP contribution in [0.2, 0.25) is 0 Å². The summed E-state index contributed by atoms with van der Waals surface area (Å²) in [4.78, 5) is 5.92. The second-order valence-electron chi connectivity index (χ2n) is 15.2. The fourth-order valence-electron chi connectivity index (χ4n) is 10.4. The van der Waals surface area contributed by atoms with Crippen LogP contribution in [0.15, 0.2) is 23.3 Å². The molecule has 0 bridgehead atoms. The normalized spacial score (nSPS) is 32.6. The van der Waals surface area contributed by atoms with Gasteiger partial charge in [0.25, 0.3) is 0 Å². The molecule has 5 aliphatic rings. The molecule has 0 spiro atoms. The molecule has 5 rings (SSSR count). The minimum atomic E-state index is 0.831. The van der Waals surface area contributed by atoms with Crippen LogP contribution in [0.4, 0.5) is 0 Å². The number of hydrogen-bond acceptors (Lipinski definition) is 2. The Kier molecular flexibility index (Phi) is 12.8. The number of hydrogen-bond donors (Lipinski definition) is 0. The van der Waals surface area contributed by atoms with Gasteiger partial charge in [-0.3, -0.25) is 4.90 Å². The van der Waals surface area contributed by atoms with E-state index >= 15 is 0 Å². The number of rotatable bonds is 10. The highest BCUT2D eigenvalue weighted by molar-refractivity contribution is 5.23. The molecule has 0 aromatic rings. The van der Waals surface area contributed by atoms with Gasteiger partial charge in [-0.05, 0) is 128 Å². The number of nitrogens with zero attached hydrogens (tertiary/aromatic N) is 2. The predicted octanol–water partition coefficient (Wildman–Crippen LogP) is 10.9. The molecule has 5 fully saturated rings.